The molecule has 0 aliphatic heterocycles. The molecule has 170 valence electrons. The highest BCUT2D eigenvalue weighted by molar-refractivity contribution is 7.94. The number of sulfonamides is 1. The first-order valence-corrected chi connectivity index (χ1v) is 12.2. The van der Waals surface area contributed by atoms with E-state index >= 15 is 0 Å². The Kier molecular flexibility index (Phi) is 5.23. The van der Waals surface area contributed by atoms with Crippen LogP contribution in [0.4, 0.5) is 5.69 Å². The van der Waals surface area contributed by atoms with Gasteiger partial charge in [-0.05, 0) is 88.0 Å². The molecule has 2 amide bonds. The molecule has 0 saturated heterocycles. The van der Waals surface area contributed by atoms with E-state index in [0.717, 1.165) is 19.3 Å². The lowest BCUT2D eigenvalue weighted by Crippen LogP contribution is -2.64. The maximum Gasteiger partial charge on any atom is 0.247 e. The number of anilines is 1. The van der Waals surface area contributed by atoms with Crippen LogP contribution in [0, 0.1) is 23.2 Å². The standard InChI is InChI=1S/C22H31N3O5S/c1-21(2,31(28,29)25-16-4-6-17(30-3)7-5-16)20(27)24-18-14-8-13-9-15(18)12-22(10-13,11-14)19(23)26/h4-7,13-15,18,25H,8-12H2,1-3H3,(H2,23,26)(H,24,27). The van der Waals surface area contributed by atoms with Crippen molar-refractivity contribution in [3.63, 3.8) is 0 Å². The highest BCUT2D eigenvalue weighted by atomic mass is 32.2. The summed E-state index contributed by atoms with van der Waals surface area (Å²) in [7, 11) is -2.48. The van der Waals surface area contributed by atoms with Gasteiger partial charge in [-0.25, -0.2) is 8.42 Å². The molecule has 4 aliphatic rings. The average molecular weight is 450 g/mol. The second kappa shape index (κ2) is 7.39. The Morgan fingerprint density at radius 3 is 2.19 bits per heavy atom. The third kappa shape index (κ3) is 3.66. The van der Waals surface area contributed by atoms with Crippen LogP contribution in [0.5, 0.6) is 5.75 Å². The number of primary amides is 1. The number of nitrogens with two attached hydrogens (primary N) is 1. The highest BCUT2D eigenvalue weighted by Crippen LogP contribution is 2.60. The predicted molar refractivity (Wildman–Crippen MR) is 117 cm³/mol. The van der Waals surface area contributed by atoms with Gasteiger partial charge in [0.05, 0.1) is 7.11 Å². The van der Waals surface area contributed by atoms with Gasteiger partial charge in [0.1, 0.15) is 5.75 Å². The van der Waals surface area contributed by atoms with Crippen LogP contribution < -0.4 is 20.5 Å². The largest absolute Gasteiger partial charge is 0.497 e. The van der Waals surface area contributed by atoms with Crippen LogP contribution in [-0.2, 0) is 19.6 Å². The smallest absolute Gasteiger partial charge is 0.247 e. The summed E-state index contributed by atoms with van der Waals surface area (Å²) in [5.41, 5.74) is 5.65. The summed E-state index contributed by atoms with van der Waals surface area (Å²) in [5.74, 6) is 0.635. The van der Waals surface area contributed by atoms with Crippen LogP contribution in [0.15, 0.2) is 24.3 Å². The SMILES string of the molecule is COc1ccc(NS(=O)(=O)C(C)(C)C(=O)NC2C3CC4CC2CC(C(N)=O)(C4)C3)cc1. The zero-order valence-electron chi connectivity index (χ0n) is 18.2. The number of hydrogen-bond acceptors (Lipinski definition) is 5. The summed E-state index contributed by atoms with van der Waals surface area (Å²) in [5, 5.41) is 3.04. The first-order chi connectivity index (χ1) is 14.5. The van der Waals surface area contributed by atoms with Gasteiger partial charge in [0.15, 0.2) is 4.75 Å². The van der Waals surface area contributed by atoms with Gasteiger partial charge in [0, 0.05) is 17.1 Å². The van der Waals surface area contributed by atoms with Crippen LogP contribution in [0.2, 0.25) is 0 Å². The Balaban J connectivity index is 1.48. The van der Waals surface area contributed by atoms with Crippen molar-refractivity contribution in [2.24, 2.45) is 28.9 Å². The van der Waals surface area contributed by atoms with E-state index in [1.807, 2.05) is 0 Å². The van der Waals surface area contributed by atoms with E-state index in [1.54, 1.807) is 24.3 Å². The molecule has 1 aromatic carbocycles. The van der Waals surface area contributed by atoms with Crippen molar-refractivity contribution >= 4 is 27.5 Å². The van der Waals surface area contributed by atoms with Gasteiger partial charge in [0.25, 0.3) is 0 Å². The molecule has 8 nitrogen and oxygen atoms in total. The molecule has 4 fully saturated rings. The molecule has 9 heteroatoms. The van der Waals surface area contributed by atoms with Gasteiger partial charge < -0.3 is 15.8 Å². The molecule has 4 saturated carbocycles. The Labute approximate surface area is 183 Å². The predicted octanol–water partition coefficient (Wildman–Crippen LogP) is 2.01. The zero-order valence-corrected chi connectivity index (χ0v) is 19.0. The number of methoxy groups -OCH3 is 1. The Bertz CT molecular complexity index is 973. The van der Waals surface area contributed by atoms with Gasteiger partial charge in [-0.1, -0.05) is 0 Å². The van der Waals surface area contributed by atoms with Crippen LogP contribution in [-0.4, -0.2) is 38.1 Å². The second-order valence-electron chi connectivity index (χ2n) is 9.96. The van der Waals surface area contributed by atoms with E-state index in [2.05, 4.69) is 10.0 Å². The Morgan fingerprint density at radius 1 is 1.10 bits per heavy atom. The number of rotatable bonds is 7. The number of carbonyl (C=O) groups is 2. The first-order valence-electron chi connectivity index (χ1n) is 10.7. The molecule has 4 bridgehead atoms. The maximum absolute atomic E-state index is 13.2. The summed E-state index contributed by atoms with van der Waals surface area (Å²) in [4.78, 5) is 25.3. The van der Waals surface area contributed by atoms with E-state index in [9.17, 15) is 18.0 Å². The molecule has 31 heavy (non-hydrogen) atoms. The van der Waals surface area contributed by atoms with Crippen molar-refractivity contribution in [3.8, 4) is 5.75 Å². The fourth-order valence-corrected chi connectivity index (χ4v) is 6.96. The lowest BCUT2D eigenvalue weighted by molar-refractivity contribution is -0.147. The first kappa shape index (κ1) is 21.9. The molecule has 0 radical (unpaired) electrons. The fourth-order valence-electron chi connectivity index (χ4n) is 5.95. The second-order valence-corrected chi connectivity index (χ2v) is 12.2. The van der Waals surface area contributed by atoms with E-state index in [0.29, 0.717) is 30.2 Å². The Hall–Kier alpha value is -2.29. The molecule has 4 aliphatic carbocycles. The van der Waals surface area contributed by atoms with Gasteiger partial charge >= 0.3 is 0 Å². The number of ether oxygens (including phenoxy) is 1. The molecule has 0 aromatic heterocycles. The molecule has 5 rings (SSSR count). The molecule has 0 spiro atoms. The van der Waals surface area contributed by atoms with Gasteiger partial charge in [-0.15, -0.1) is 0 Å². The van der Waals surface area contributed by atoms with Gasteiger partial charge in [0.2, 0.25) is 21.8 Å². The minimum atomic E-state index is -4.01. The zero-order chi connectivity index (χ0) is 22.6. The third-order valence-electron chi connectivity index (χ3n) is 7.65. The van der Waals surface area contributed by atoms with Crippen LogP contribution in [0.1, 0.15) is 46.0 Å². The summed E-state index contributed by atoms with van der Waals surface area (Å²) in [6.07, 6.45) is 4.11. The molecule has 2 atom stereocenters. The monoisotopic (exact) mass is 449 g/mol. The summed E-state index contributed by atoms with van der Waals surface area (Å²) >= 11 is 0. The van der Waals surface area contributed by atoms with Crippen LogP contribution in [0.25, 0.3) is 0 Å². The number of carbonyl (C=O) groups excluding carboxylic acids is 2. The molecular formula is C22H31N3O5S. The normalized spacial score (nSPS) is 31.8. The van der Waals surface area contributed by atoms with E-state index < -0.39 is 26.1 Å². The van der Waals surface area contributed by atoms with E-state index in [-0.39, 0.29) is 23.8 Å². The third-order valence-corrected chi connectivity index (χ3v) is 9.69. The molecule has 1 aromatic rings. The highest BCUT2D eigenvalue weighted by Gasteiger charge is 2.58. The fraction of sp³-hybridized carbons (Fsp3) is 0.636. The van der Waals surface area contributed by atoms with E-state index in [4.69, 9.17) is 10.5 Å². The van der Waals surface area contributed by atoms with Crippen molar-refractivity contribution in [1.82, 2.24) is 5.32 Å². The number of benzene rings is 1. The quantitative estimate of drug-likeness (QED) is 0.587. The Morgan fingerprint density at radius 2 is 1.68 bits per heavy atom. The number of hydrogen-bond donors (Lipinski definition) is 3. The van der Waals surface area contributed by atoms with Crippen molar-refractivity contribution < 1.29 is 22.7 Å². The van der Waals surface area contributed by atoms with Gasteiger partial charge in [-0.2, -0.15) is 0 Å². The lowest BCUT2D eigenvalue weighted by atomic mass is 9.47. The van der Waals surface area contributed by atoms with Crippen molar-refractivity contribution in [2.45, 2.75) is 56.7 Å². The molecule has 0 heterocycles. The molecule has 2 unspecified atom stereocenters. The van der Waals surface area contributed by atoms with Crippen LogP contribution in [0.3, 0.4) is 0 Å². The van der Waals surface area contributed by atoms with Crippen molar-refractivity contribution in [3.05, 3.63) is 24.3 Å². The van der Waals surface area contributed by atoms with Crippen molar-refractivity contribution in [2.75, 3.05) is 11.8 Å². The topological polar surface area (TPSA) is 128 Å². The molecular weight excluding hydrogens is 418 g/mol. The summed E-state index contributed by atoms with van der Waals surface area (Å²) in [6.45, 7) is 2.82. The molecule has 4 N–H and O–H groups in total. The van der Waals surface area contributed by atoms with Crippen LogP contribution >= 0.6 is 0 Å². The van der Waals surface area contributed by atoms with E-state index in [1.165, 1.54) is 21.0 Å². The average Bonchev–Trinajstić information content (AvgIpc) is 2.70. The minimum absolute atomic E-state index is 0.119. The maximum atomic E-state index is 13.2. The number of amides is 2. The number of nitrogens with one attached hydrogen (secondary N) is 2. The van der Waals surface area contributed by atoms with Crippen molar-refractivity contribution in [1.29, 1.82) is 0 Å². The summed E-state index contributed by atoms with van der Waals surface area (Å²) < 4.78 is 32.0. The van der Waals surface area contributed by atoms with Gasteiger partial charge in [-0.3, -0.25) is 14.3 Å². The summed E-state index contributed by atoms with van der Waals surface area (Å²) in [6, 6.07) is 6.35. The minimum Gasteiger partial charge on any atom is -0.497 e. The lowest BCUT2D eigenvalue weighted by Gasteiger charge is -2.59.